The van der Waals surface area contributed by atoms with Crippen LogP contribution < -0.4 is 5.32 Å². The zero-order chi connectivity index (χ0) is 23.9. The highest BCUT2D eigenvalue weighted by molar-refractivity contribution is 6.43. The van der Waals surface area contributed by atoms with Crippen LogP contribution in [0.25, 0.3) is 11.0 Å². The lowest BCUT2D eigenvalue weighted by atomic mass is 9.98. The number of Topliss-reactive ketones (excluding diaryl/α,β-unsaturated/α-hetero) is 2. The second-order valence-electron chi connectivity index (χ2n) is 8.65. The van der Waals surface area contributed by atoms with Gasteiger partial charge in [-0.05, 0) is 57.0 Å². The lowest BCUT2D eigenvalue weighted by molar-refractivity contribution is -0.118. The third kappa shape index (κ3) is 3.97. The Balaban J connectivity index is 1.59. The smallest absolute Gasteiger partial charge is 0.293 e. The number of aromatic nitrogens is 4. The quantitative estimate of drug-likeness (QED) is 0.331. The number of benzene rings is 1. The second kappa shape index (κ2) is 8.16. The Morgan fingerprint density at radius 2 is 1.94 bits per heavy atom. The van der Waals surface area contributed by atoms with Gasteiger partial charge in [-0.1, -0.05) is 6.07 Å². The Hall–Kier alpha value is -4.01. The summed E-state index contributed by atoms with van der Waals surface area (Å²) in [5, 5.41) is 13.9. The molecule has 0 aliphatic carbocycles. The van der Waals surface area contributed by atoms with Gasteiger partial charge in [-0.2, -0.15) is 15.4 Å². The molecule has 33 heavy (non-hydrogen) atoms. The number of H-pyrrole nitrogens is 1. The highest BCUT2D eigenvalue weighted by Crippen LogP contribution is 2.25. The van der Waals surface area contributed by atoms with Gasteiger partial charge in [-0.25, -0.2) is 0 Å². The van der Waals surface area contributed by atoms with Crippen molar-refractivity contribution in [2.45, 2.75) is 39.7 Å². The van der Waals surface area contributed by atoms with Gasteiger partial charge in [0.2, 0.25) is 0 Å². The van der Waals surface area contributed by atoms with Crippen molar-refractivity contribution in [2.75, 3.05) is 0 Å². The molecule has 0 radical (unpaired) electrons. The van der Waals surface area contributed by atoms with Crippen molar-refractivity contribution in [3.05, 3.63) is 70.5 Å². The summed E-state index contributed by atoms with van der Waals surface area (Å²) in [6, 6.07) is 7.43. The number of nitrogens with zero attached hydrogens (tertiary/aromatic N) is 3. The number of carbonyl (C=O) groups is 3. The first-order chi connectivity index (χ1) is 15.6. The summed E-state index contributed by atoms with van der Waals surface area (Å²) >= 11 is 0. The molecule has 4 rings (SSSR count). The van der Waals surface area contributed by atoms with E-state index in [1.54, 1.807) is 45.6 Å². The molecule has 170 valence electrons. The first-order valence-electron chi connectivity index (χ1n) is 10.5. The number of ketones is 2. The van der Waals surface area contributed by atoms with E-state index < -0.39 is 17.2 Å². The normalized spacial score (nSPS) is 11.7. The molecule has 0 atom stereocenters. The van der Waals surface area contributed by atoms with E-state index in [4.69, 9.17) is 4.42 Å². The molecule has 0 bridgehead atoms. The number of aromatic amines is 1. The van der Waals surface area contributed by atoms with Crippen molar-refractivity contribution in [1.29, 1.82) is 0 Å². The number of furan rings is 1. The van der Waals surface area contributed by atoms with Crippen molar-refractivity contribution >= 4 is 28.4 Å². The second-order valence-corrected chi connectivity index (χ2v) is 8.65. The Labute approximate surface area is 190 Å². The van der Waals surface area contributed by atoms with Crippen LogP contribution >= 0.6 is 0 Å². The minimum Gasteiger partial charge on any atom is -0.464 e. The van der Waals surface area contributed by atoms with E-state index in [9.17, 15) is 14.4 Å². The minimum atomic E-state index is -0.902. The van der Waals surface area contributed by atoms with Crippen LogP contribution in [0, 0.1) is 13.8 Å². The molecule has 3 aromatic heterocycles. The van der Waals surface area contributed by atoms with Crippen LogP contribution in [0.15, 0.2) is 41.1 Å². The maximum atomic E-state index is 13.2. The molecule has 0 saturated heterocycles. The van der Waals surface area contributed by atoms with Crippen LogP contribution in [-0.2, 0) is 23.8 Å². The molecule has 9 heteroatoms. The Bertz CT molecular complexity index is 1380. The van der Waals surface area contributed by atoms with E-state index in [0.717, 1.165) is 16.5 Å². The number of hydrogen-bond donors (Lipinski definition) is 2. The minimum absolute atomic E-state index is 0.136. The van der Waals surface area contributed by atoms with E-state index in [-0.39, 0.29) is 17.8 Å². The summed E-state index contributed by atoms with van der Waals surface area (Å²) in [7, 11) is 1.73. The fraction of sp³-hybridized carbons (Fsp3) is 0.292. The summed E-state index contributed by atoms with van der Waals surface area (Å²) in [4.78, 5) is 39.1. The van der Waals surface area contributed by atoms with Crippen molar-refractivity contribution in [3.63, 3.8) is 0 Å². The molecule has 9 nitrogen and oxygen atoms in total. The zero-order valence-electron chi connectivity index (χ0n) is 19.1. The number of carbonyl (C=O) groups excluding carboxylic acids is 3. The fourth-order valence-electron chi connectivity index (χ4n) is 4.12. The van der Waals surface area contributed by atoms with Crippen molar-refractivity contribution in [2.24, 2.45) is 7.05 Å². The highest BCUT2D eigenvalue weighted by Gasteiger charge is 2.32. The summed E-state index contributed by atoms with van der Waals surface area (Å²) in [6.45, 7) is 6.88. The average Bonchev–Trinajstić information content (AvgIpc) is 3.48. The lowest BCUT2D eigenvalue weighted by Gasteiger charge is -2.23. The molecule has 1 amide bonds. The molecule has 0 fully saturated rings. The Morgan fingerprint density at radius 1 is 1.18 bits per heavy atom. The van der Waals surface area contributed by atoms with Gasteiger partial charge >= 0.3 is 0 Å². The maximum Gasteiger partial charge on any atom is 0.293 e. The predicted molar refractivity (Wildman–Crippen MR) is 121 cm³/mol. The first kappa shape index (κ1) is 22.2. The van der Waals surface area contributed by atoms with Crippen molar-refractivity contribution in [1.82, 2.24) is 25.3 Å². The van der Waals surface area contributed by atoms with Crippen LogP contribution in [0.1, 0.15) is 57.2 Å². The van der Waals surface area contributed by atoms with Gasteiger partial charge in [0.1, 0.15) is 11.3 Å². The van der Waals surface area contributed by atoms with Gasteiger partial charge in [0.15, 0.2) is 5.78 Å². The van der Waals surface area contributed by atoms with E-state index in [0.29, 0.717) is 22.6 Å². The van der Waals surface area contributed by atoms with E-state index in [2.05, 4.69) is 20.7 Å². The van der Waals surface area contributed by atoms with Crippen LogP contribution in [0.4, 0.5) is 0 Å². The zero-order valence-corrected chi connectivity index (χ0v) is 19.1. The topological polar surface area (TPSA) is 123 Å². The molecule has 0 spiro atoms. The van der Waals surface area contributed by atoms with E-state index >= 15 is 0 Å². The molecular weight excluding hydrogens is 422 g/mol. The summed E-state index contributed by atoms with van der Waals surface area (Å²) in [5.74, 6) is -1.61. The molecule has 0 unspecified atom stereocenters. The SMILES string of the molecule is Cc1c(C(=O)C(=O)NC(C)(C)c2cn[nH]n2)c(C)n(C)c1C(=O)Cc1ccc2occc2c1. The monoisotopic (exact) mass is 447 g/mol. The largest absolute Gasteiger partial charge is 0.464 e. The third-order valence-electron chi connectivity index (χ3n) is 5.99. The summed E-state index contributed by atoms with van der Waals surface area (Å²) < 4.78 is 7.03. The number of amides is 1. The molecule has 0 aliphatic rings. The maximum absolute atomic E-state index is 13.2. The number of fused-ring (bicyclic) bond motifs is 1. The third-order valence-corrected chi connectivity index (χ3v) is 5.99. The number of rotatable bonds is 7. The number of nitrogens with one attached hydrogen (secondary N) is 2. The fourth-order valence-corrected chi connectivity index (χ4v) is 4.12. The van der Waals surface area contributed by atoms with Gasteiger partial charge in [0, 0.05) is 24.5 Å². The standard InChI is InChI=1S/C24H25N5O4/c1-13-20(22(31)23(32)26-24(3,4)19-12-25-28-27-19)14(2)29(5)21(13)17(30)11-15-6-7-18-16(10-15)8-9-33-18/h6-10,12H,11H2,1-5H3,(H,26,32)(H,25,27,28). The molecule has 4 aromatic rings. The lowest BCUT2D eigenvalue weighted by Crippen LogP contribution is -2.44. The Morgan fingerprint density at radius 3 is 2.64 bits per heavy atom. The van der Waals surface area contributed by atoms with Crippen LogP contribution in [-0.4, -0.2) is 37.5 Å². The van der Waals surface area contributed by atoms with Crippen LogP contribution in [0.2, 0.25) is 0 Å². The molecule has 0 aliphatic heterocycles. The highest BCUT2D eigenvalue weighted by atomic mass is 16.3. The van der Waals surface area contributed by atoms with Crippen molar-refractivity contribution < 1.29 is 18.8 Å². The summed E-state index contributed by atoms with van der Waals surface area (Å²) in [5.41, 5.74) is 2.88. The van der Waals surface area contributed by atoms with E-state index in [1.807, 2.05) is 24.3 Å². The average molecular weight is 447 g/mol. The molecule has 2 N–H and O–H groups in total. The molecule has 0 saturated carbocycles. The van der Waals surface area contributed by atoms with E-state index in [1.165, 1.54) is 6.20 Å². The first-order valence-corrected chi connectivity index (χ1v) is 10.5. The Kier molecular flexibility index (Phi) is 5.49. The van der Waals surface area contributed by atoms with Gasteiger partial charge in [0.05, 0.1) is 29.3 Å². The predicted octanol–water partition coefficient (Wildman–Crippen LogP) is 3.17. The van der Waals surface area contributed by atoms with Crippen LogP contribution in [0.3, 0.4) is 0 Å². The molecule has 3 heterocycles. The molecular formula is C24H25N5O4. The molecule has 1 aromatic carbocycles. The van der Waals surface area contributed by atoms with Crippen LogP contribution in [0.5, 0.6) is 0 Å². The van der Waals surface area contributed by atoms with Gasteiger partial charge in [0.25, 0.3) is 11.7 Å². The van der Waals surface area contributed by atoms with Gasteiger partial charge < -0.3 is 14.3 Å². The summed E-state index contributed by atoms with van der Waals surface area (Å²) in [6.07, 6.45) is 3.26. The van der Waals surface area contributed by atoms with Gasteiger partial charge in [-0.15, -0.1) is 0 Å². The van der Waals surface area contributed by atoms with Gasteiger partial charge in [-0.3, -0.25) is 14.4 Å². The van der Waals surface area contributed by atoms with Crippen molar-refractivity contribution in [3.8, 4) is 0 Å². The number of hydrogen-bond acceptors (Lipinski definition) is 6.